The summed E-state index contributed by atoms with van der Waals surface area (Å²) in [6.45, 7) is 11.5. The van der Waals surface area contributed by atoms with E-state index in [0.717, 1.165) is 18.9 Å². The fourth-order valence-corrected chi connectivity index (χ4v) is 1.67. The normalized spacial score (nSPS) is 10.9. The summed E-state index contributed by atoms with van der Waals surface area (Å²) >= 11 is 0. The molecule has 0 radical (unpaired) electrons. The molecule has 0 bridgehead atoms. The fraction of sp³-hybridized carbons (Fsp3) is 0.615. The second kappa shape index (κ2) is 5.67. The molecular formula is C13H21N5. The number of nitrogens with zero attached hydrogens (tertiary/aromatic N) is 4. The number of hydrogen-bond donors (Lipinski definition) is 1. The van der Waals surface area contributed by atoms with Crippen LogP contribution in [0.25, 0.3) is 0 Å². The van der Waals surface area contributed by atoms with Gasteiger partial charge in [0.05, 0.1) is 6.07 Å². The summed E-state index contributed by atoms with van der Waals surface area (Å²) in [7, 11) is 0. The Bertz CT molecular complexity index is 443. The average Bonchev–Trinajstić information content (AvgIpc) is 2.29. The van der Waals surface area contributed by atoms with Crippen LogP contribution in [0, 0.1) is 18.3 Å². The summed E-state index contributed by atoms with van der Waals surface area (Å²) in [6.07, 6.45) is 0. The number of nitriles is 1. The first-order valence-electron chi connectivity index (χ1n) is 6.22. The smallest absolute Gasteiger partial charge is 0.134 e. The summed E-state index contributed by atoms with van der Waals surface area (Å²) in [6, 6.07) is 4.09. The maximum Gasteiger partial charge on any atom is 0.134 e. The van der Waals surface area contributed by atoms with E-state index in [-0.39, 0.29) is 0 Å². The van der Waals surface area contributed by atoms with Gasteiger partial charge in [-0.2, -0.15) is 5.26 Å². The molecule has 5 nitrogen and oxygen atoms in total. The third-order valence-corrected chi connectivity index (χ3v) is 2.63. The molecule has 0 saturated heterocycles. The summed E-state index contributed by atoms with van der Waals surface area (Å²) < 4.78 is 0. The lowest BCUT2D eigenvalue weighted by Gasteiger charge is -2.23. The van der Waals surface area contributed by atoms with E-state index >= 15 is 0 Å². The zero-order chi connectivity index (χ0) is 13.8. The maximum atomic E-state index is 9.03. The van der Waals surface area contributed by atoms with Gasteiger partial charge in [0.15, 0.2) is 0 Å². The number of nitrogens with one attached hydrogen (secondary N) is 1. The first-order valence-corrected chi connectivity index (χ1v) is 6.22. The molecule has 98 valence electrons. The Balaban J connectivity index is 3.05. The van der Waals surface area contributed by atoms with Gasteiger partial charge in [0.2, 0.25) is 0 Å². The third kappa shape index (κ3) is 3.59. The minimum absolute atomic E-state index is 0.638. The highest BCUT2D eigenvalue weighted by Crippen LogP contribution is 2.18. The van der Waals surface area contributed by atoms with Gasteiger partial charge in [-0.1, -0.05) is 0 Å². The third-order valence-electron chi connectivity index (χ3n) is 2.63. The van der Waals surface area contributed by atoms with E-state index in [1.807, 2.05) is 26.8 Å². The van der Waals surface area contributed by atoms with Gasteiger partial charge in [0.25, 0.3) is 0 Å². The van der Waals surface area contributed by atoms with Crippen LogP contribution in [0.3, 0.4) is 0 Å². The van der Waals surface area contributed by atoms with Crippen LogP contribution in [-0.2, 0) is 0 Å². The predicted octanol–water partition coefficient (Wildman–Crippen LogP) is 2.35. The second-order valence-corrected chi connectivity index (χ2v) is 4.69. The Hall–Kier alpha value is -1.83. The number of aromatic nitrogens is 2. The molecular weight excluding hydrogens is 226 g/mol. The molecule has 1 heterocycles. The molecule has 0 atom stereocenters. The van der Waals surface area contributed by atoms with E-state index in [4.69, 9.17) is 5.26 Å². The Kier molecular flexibility index (Phi) is 4.49. The maximum absolute atomic E-state index is 9.03. The molecule has 0 aliphatic rings. The quantitative estimate of drug-likeness (QED) is 0.865. The molecule has 0 saturated carbocycles. The van der Waals surface area contributed by atoms with Crippen LogP contribution >= 0.6 is 0 Å². The lowest BCUT2D eigenvalue weighted by atomic mass is 10.1. The van der Waals surface area contributed by atoms with E-state index in [2.05, 4.69) is 40.1 Å². The number of aryl methyl sites for hydroxylation is 1. The van der Waals surface area contributed by atoms with Gasteiger partial charge in [-0.15, -0.1) is 0 Å². The van der Waals surface area contributed by atoms with Crippen molar-refractivity contribution in [2.24, 2.45) is 0 Å². The average molecular weight is 247 g/mol. The lowest BCUT2D eigenvalue weighted by molar-refractivity contribution is 0.720. The van der Waals surface area contributed by atoms with E-state index in [0.29, 0.717) is 11.6 Å². The van der Waals surface area contributed by atoms with Gasteiger partial charge in [0.1, 0.15) is 23.0 Å². The molecule has 5 heteroatoms. The first kappa shape index (κ1) is 14.2. The topological polar surface area (TPSA) is 64.8 Å². The molecule has 0 fully saturated rings. The molecule has 1 aromatic rings. The summed E-state index contributed by atoms with van der Waals surface area (Å²) in [5, 5.41) is 12.1. The van der Waals surface area contributed by atoms with Crippen molar-refractivity contribution in [2.45, 2.75) is 40.2 Å². The van der Waals surface area contributed by atoms with E-state index in [9.17, 15) is 0 Å². The fourth-order valence-electron chi connectivity index (χ4n) is 1.67. The molecule has 0 aliphatic heterocycles. The van der Waals surface area contributed by atoms with E-state index in [1.165, 1.54) is 0 Å². The standard InChI is InChI=1S/C13H21N5/c1-6-18(7-2)12-8-11(15-10(3)16-12)17-13(4,5)9-14/h8H,6-7H2,1-5H3,(H,15,16,17). The first-order chi connectivity index (χ1) is 8.41. The highest BCUT2D eigenvalue weighted by molar-refractivity contribution is 5.51. The van der Waals surface area contributed by atoms with Gasteiger partial charge in [0, 0.05) is 19.2 Å². The van der Waals surface area contributed by atoms with Crippen molar-refractivity contribution >= 4 is 11.6 Å². The second-order valence-electron chi connectivity index (χ2n) is 4.69. The van der Waals surface area contributed by atoms with E-state index < -0.39 is 5.54 Å². The van der Waals surface area contributed by atoms with Gasteiger partial charge in [-0.25, -0.2) is 9.97 Å². The molecule has 0 unspecified atom stereocenters. The zero-order valence-electron chi connectivity index (χ0n) is 11.8. The van der Waals surface area contributed by atoms with Crippen molar-refractivity contribution in [3.63, 3.8) is 0 Å². The van der Waals surface area contributed by atoms with Gasteiger partial charge >= 0.3 is 0 Å². The highest BCUT2D eigenvalue weighted by Gasteiger charge is 2.17. The zero-order valence-corrected chi connectivity index (χ0v) is 11.8. The van der Waals surface area contributed by atoms with Crippen LogP contribution in [0.15, 0.2) is 6.07 Å². The van der Waals surface area contributed by atoms with Crippen molar-refractivity contribution in [1.29, 1.82) is 5.26 Å². The van der Waals surface area contributed by atoms with Crippen molar-refractivity contribution in [2.75, 3.05) is 23.3 Å². The largest absolute Gasteiger partial charge is 0.357 e. The molecule has 0 spiro atoms. The van der Waals surface area contributed by atoms with Crippen LogP contribution in [0.1, 0.15) is 33.5 Å². The lowest BCUT2D eigenvalue weighted by Crippen LogP contribution is -2.30. The number of hydrogen-bond acceptors (Lipinski definition) is 5. The minimum atomic E-state index is -0.638. The molecule has 0 aromatic carbocycles. The van der Waals surface area contributed by atoms with Gasteiger partial charge in [-0.05, 0) is 34.6 Å². The Labute approximate surface area is 109 Å². The highest BCUT2D eigenvalue weighted by atomic mass is 15.2. The molecule has 1 aromatic heterocycles. The summed E-state index contributed by atoms with van der Waals surface area (Å²) in [5.74, 6) is 2.29. The summed E-state index contributed by atoms with van der Waals surface area (Å²) in [4.78, 5) is 10.9. The Morgan fingerprint density at radius 3 is 2.44 bits per heavy atom. The van der Waals surface area contributed by atoms with Crippen LogP contribution in [0.2, 0.25) is 0 Å². The van der Waals surface area contributed by atoms with Crippen molar-refractivity contribution in [3.8, 4) is 6.07 Å². The van der Waals surface area contributed by atoms with Crippen LogP contribution in [0.4, 0.5) is 11.6 Å². The van der Waals surface area contributed by atoms with Gasteiger partial charge < -0.3 is 10.2 Å². The summed E-state index contributed by atoms with van der Waals surface area (Å²) in [5.41, 5.74) is -0.638. The molecule has 0 aliphatic carbocycles. The molecule has 18 heavy (non-hydrogen) atoms. The van der Waals surface area contributed by atoms with Crippen LogP contribution in [0.5, 0.6) is 0 Å². The van der Waals surface area contributed by atoms with Crippen LogP contribution in [-0.4, -0.2) is 28.6 Å². The SMILES string of the molecule is CCN(CC)c1cc(NC(C)(C)C#N)nc(C)n1. The van der Waals surface area contributed by atoms with Gasteiger partial charge in [-0.3, -0.25) is 0 Å². The predicted molar refractivity (Wildman–Crippen MR) is 73.6 cm³/mol. The minimum Gasteiger partial charge on any atom is -0.357 e. The van der Waals surface area contributed by atoms with Crippen molar-refractivity contribution < 1.29 is 0 Å². The Morgan fingerprint density at radius 1 is 1.33 bits per heavy atom. The number of anilines is 2. The van der Waals surface area contributed by atoms with E-state index in [1.54, 1.807) is 0 Å². The molecule has 1 rings (SSSR count). The molecule has 1 N–H and O–H groups in total. The van der Waals surface area contributed by atoms with Crippen molar-refractivity contribution in [3.05, 3.63) is 11.9 Å². The molecule has 0 amide bonds. The van der Waals surface area contributed by atoms with Crippen molar-refractivity contribution in [1.82, 2.24) is 9.97 Å². The van der Waals surface area contributed by atoms with Crippen LogP contribution < -0.4 is 10.2 Å². The monoisotopic (exact) mass is 247 g/mol. The number of rotatable bonds is 5. The Morgan fingerprint density at radius 2 is 1.94 bits per heavy atom.